The lowest BCUT2D eigenvalue weighted by Gasteiger charge is -2.03. The summed E-state index contributed by atoms with van der Waals surface area (Å²) in [5, 5.41) is 8.96. The van der Waals surface area contributed by atoms with E-state index in [9.17, 15) is 0 Å². The van der Waals surface area contributed by atoms with Gasteiger partial charge >= 0.3 is 0 Å². The highest BCUT2D eigenvalue weighted by Gasteiger charge is 2.03. The highest BCUT2D eigenvalue weighted by molar-refractivity contribution is 7.99. The second-order valence-corrected chi connectivity index (χ2v) is 4.52. The number of nitrogens with zero attached hydrogens (tertiary/aromatic N) is 2. The van der Waals surface area contributed by atoms with E-state index in [1.807, 2.05) is 12.1 Å². The van der Waals surface area contributed by atoms with Crippen molar-refractivity contribution in [3.63, 3.8) is 0 Å². The molecule has 0 saturated heterocycles. The molecule has 2 nitrogen and oxygen atoms in total. The Morgan fingerprint density at radius 2 is 2.19 bits per heavy atom. The van der Waals surface area contributed by atoms with Gasteiger partial charge in [-0.15, -0.1) is 0 Å². The zero-order valence-electron chi connectivity index (χ0n) is 8.84. The second-order valence-electron chi connectivity index (χ2n) is 3.40. The molecule has 0 aliphatic carbocycles. The Kier molecular flexibility index (Phi) is 3.23. The summed E-state index contributed by atoms with van der Waals surface area (Å²) in [7, 11) is 0. The number of benzene rings is 1. The third-order valence-corrected chi connectivity index (χ3v) is 3.16. The van der Waals surface area contributed by atoms with Crippen molar-refractivity contribution in [2.24, 2.45) is 0 Å². The lowest BCUT2D eigenvalue weighted by Crippen LogP contribution is -1.83. The van der Waals surface area contributed by atoms with E-state index in [1.165, 1.54) is 5.56 Å². The molecule has 0 atom stereocenters. The third kappa shape index (κ3) is 2.41. The van der Waals surface area contributed by atoms with Crippen LogP contribution in [-0.4, -0.2) is 4.98 Å². The van der Waals surface area contributed by atoms with Crippen molar-refractivity contribution < 1.29 is 0 Å². The van der Waals surface area contributed by atoms with E-state index in [4.69, 9.17) is 5.26 Å². The minimum atomic E-state index is 0.668. The first-order chi connectivity index (χ1) is 7.79. The average molecular weight is 226 g/mol. The molecule has 0 fully saturated rings. The predicted molar refractivity (Wildman–Crippen MR) is 64.3 cm³/mol. The van der Waals surface area contributed by atoms with E-state index in [2.05, 4.69) is 30.1 Å². The zero-order valence-corrected chi connectivity index (χ0v) is 9.66. The Hall–Kier alpha value is -1.79. The van der Waals surface area contributed by atoms with Crippen LogP contribution in [0.15, 0.2) is 52.5 Å². The summed E-state index contributed by atoms with van der Waals surface area (Å²) in [5.41, 5.74) is 1.88. The van der Waals surface area contributed by atoms with Gasteiger partial charge in [0.15, 0.2) is 0 Å². The molecule has 1 heterocycles. The lowest BCUT2D eigenvalue weighted by atomic mass is 10.2. The van der Waals surface area contributed by atoms with E-state index in [0.717, 1.165) is 9.79 Å². The van der Waals surface area contributed by atoms with Gasteiger partial charge in [-0.2, -0.15) is 5.26 Å². The van der Waals surface area contributed by atoms with Gasteiger partial charge in [-0.25, -0.2) is 0 Å². The Bertz CT molecular complexity index is 544. The van der Waals surface area contributed by atoms with E-state index in [0.29, 0.717) is 5.56 Å². The van der Waals surface area contributed by atoms with Crippen molar-refractivity contribution in [3.8, 4) is 6.07 Å². The van der Waals surface area contributed by atoms with Crippen LogP contribution in [0.1, 0.15) is 11.1 Å². The van der Waals surface area contributed by atoms with Gasteiger partial charge in [0.2, 0.25) is 0 Å². The predicted octanol–water partition coefficient (Wildman–Crippen LogP) is 3.41. The minimum absolute atomic E-state index is 0.668. The van der Waals surface area contributed by atoms with Crippen LogP contribution in [0.3, 0.4) is 0 Å². The van der Waals surface area contributed by atoms with Gasteiger partial charge in [0.1, 0.15) is 6.07 Å². The molecule has 0 radical (unpaired) electrons. The molecule has 16 heavy (non-hydrogen) atoms. The van der Waals surface area contributed by atoms with Crippen molar-refractivity contribution in [2.75, 3.05) is 0 Å². The minimum Gasteiger partial charge on any atom is -0.263 e. The number of aromatic nitrogens is 1. The molecule has 0 amide bonds. The number of rotatable bonds is 2. The van der Waals surface area contributed by atoms with Crippen LogP contribution in [0, 0.1) is 18.3 Å². The Morgan fingerprint density at radius 1 is 1.31 bits per heavy atom. The number of hydrogen-bond donors (Lipinski definition) is 0. The van der Waals surface area contributed by atoms with Crippen LogP contribution in [0.25, 0.3) is 0 Å². The molecule has 0 N–H and O–H groups in total. The highest BCUT2D eigenvalue weighted by atomic mass is 32.2. The fourth-order valence-corrected chi connectivity index (χ4v) is 2.34. The van der Waals surface area contributed by atoms with Gasteiger partial charge in [-0.3, -0.25) is 4.98 Å². The number of hydrogen-bond acceptors (Lipinski definition) is 3. The summed E-state index contributed by atoms with van der Waals surface area (Å²) in [5.74, 6) is 0. The molecule has 0 aliphatic heterocycles. The fourth-order valence-electron chi connectivity index (χ4n) is 1.36. The molecule has 2 rings (SSSR count). The maximum Gasteiger partial charge on any atom is 0.100 e. The van der Waals surface area contributed by atoms with Crippen LogP contribution in [0.4, 0.5) is 0 Å². The topological polar surface area (TPSA) is 36.7 Å². The van der Waals surface area contributed by atoms with Crippen LogP contribution >= 0.6 is 11.8 Å². The Morgan fingerprint density at radius 3 is 2.94 bits per heavy atom. The molecule has 0 spiro atoms. The van der Waals surface area contributed by atoms with Crippen LogP contribution < -0.4 is 0 Å². The summed E-state index contributed by atoms with van der Waals surface area (Å²) in [6.45, 7) is 2.05. The molecular formula is C13H10N2S. The third-order valence-electron chi connectivity index (χ3n) is 2.12. The maximum atomic E-state index is 8.96. The molecule has 2 aromatic rings. The van der Waals surface area contributed by atoms with E-state index in [-0.39, 0.29) is 0 Å². The number of pyridine rings is 1. The quantitative estimate of drug-likeness (QED) is 0.787. The summed E-state index contributed by atoms with van der Waals surface area (Å²) in [6, 6.07) is 12.1. The van der Waals surface area contributed by atoms with Gasteiger partial charge < -0.3 is 0 Å². The SMILES string of the molecule is Cc1cccc(Sc2cnccc2C#N)c1. The maximum absolute atomic E-state index is 8.96. The van der Waals surface area contributed by atoms with Gasteiger partial charge in [0.25, 0.3) is 0 Å². The fraction of sp³-hybridized carbons (Fsp3) is 0.0769. The molecular weight excluding hydrogens is 216 g/mol. The largest absolute Gasteiger partial charge is 0.263 e. The van der Waals surface area contributed by atoms with Crippen LogP contribution in [0.5, 0.6) is 0 Å². The first kappa shape index (κ1) is 10.7. The first-order valence-electron chi connectivity index (χ1n) is 4.88. The summed E-state index contributed by atoms with van der Waals surface area (Å²) in [6.07, 6.45) is 3.37. The molecule has 1 aromatic heterocycles. The number of nitriles is 1. The zero-order chi connectivity index (χ0) is 11.4. The van der Waals surface area contributed by atoms with Crippen molar-refractivity contribution in [1.82, 2.24) is 4.98 Å². The van der Waals surface area contributed by atoms with Crippen molar-refractivity contribution in [2.45, 2.75) is 16.7 Å². The Balaban J connectivity index is 2.31. The molecule has 0 bridgehead atoms. The van der Waals surface area contributed by atoms with Gasteiger partial charge in [-0.1, -0.05) is 29.5 Å². The Labute approximate surface area is 99.0 Å². The van der Waals surface area contributed by atoms with Crippen molar-refractivity contribution >= 4 is 11.8 Å². The van der Waals surface area contributed by atoms with Crippen molar-refractivity contribution in [1.29, 1.82) is 5.26 Å². The molecule has 0 unspecified atom stereocenters. The van der Waals surface area contributed by atoms with E-state index in [1.54, 1.807) is 30.2 Å². The standard InChI is InChI=1S/C13H10N2S/c1-10-3-2-4-12(7-10)16-13-9-15-6-5-11(13)8-14/h2-7,9H,1H3. The monoisotopic (exact) mass is 226 g/mol. The normalized spacial score (nSPS) is 9.75. The van der Waals surface area contributed by atoms with Crippen molar-refractivity contribution in [3.05, 3.63) is 53.9 Å². The number of aryl methyl sites for hydroxylation is 1. The molecule has 0 saturated carbocycles. The van der Waals surface area contributed by atoms with Crippen LogP contribution in [0.2, 0.25) is 0 Å². The first-order valence-corrected chi connectivity index (χ1v) is 5.70. The highest BCUT2D eigenvalue weighted by Crippen LogP contribution is 2.29. The smallest absolute Gasteiger partial charge is 0.100 e. The molecule has 78 valence electrons. The summed E-state index contributed by atoms with van der Waals surface area (Å²) >= 11 is 1.57. The summed E-state index contributed by atoms with van der Waals surface area (Å²) < 4.78 is 0. The molecule has 3 heteroatoms. The van der Waals surface area contributed by atoms with Gasteiger partial charge in [-0.05, 0) is 25.1 Å². The van der Waals surface area contributed by atoms with E-state index >= 15 is 0 Å². The summed E-state index contributed by atoms with van der Waals surface area (Å²) in [4.78, 5) is 6.07. The average Bonchev–Trinajstić information content (AvgIpc) is 2.30. The van der Waals surface area contributed by atoms with Crippen LogP contribution in [-0.2, 0) is 0 Å². The lowest BCUT2D eigenvalue weighted by molar-refractivity contribution is 1.21. The van der Waals surface area contributed by atoms with Gasteiger partial charge in [0, 0.05) is 22.2 Å². The second kappa shape index (κ2) is 4.82. The molecule has 1 aromatic carbocycles. The van der Waals surface area contributed by atoms with E-state index < -0.39 is 0 Å². The van der Waals surface area contributed by atoms with Gasteiger partial charge in [0.05, 0.1) is 5.56 Å². The molecule has 0 aliphatic rings.